The Labute approximate surface area is 360 Å². The van der Waals surface area contributed by atoms with Crippen molar-refractivity contribution in [3.8, 4) is 22.3 Å². The SMILES string of the molecule is CC(C)(C)c1ccc(N(c2ccc(C(C)(C)C)cc2)c2cc3c(cc2-c2ccc4c(c2)C(C)(C)CCC4(C)C)-c2ccccc2C3(c2ccccc2)c2ccccc2)cc1. The first-order valence-corrected chi connectivity index (χ1v) is 22.1. The molecule has 0 atom stereocenters. The van der Waals surface area contributed by atoms with E-state index in [1.807, 2.05) is 0 Å². The molecular formula is C59H61N. The fourth-order valence-electron chi connectivity index (χ4n) is 10.3. The van der Waals surface area contributed by atoms with Crippen LogP contribution in [0.5, 0.6) is 0 Å². The van der Waals surface area contributed by atoms with E-state index in [0.717, 1.165) is 11.4 Å². The molecule has 60 heavy (non-hydrogen) atoms. The minimum atomic E-state index is -0.526. The Morgan fingerprint density at radius 3 is 1.40 bits per heavy atom. The zero-order valence-corrected chi connectivity index (χ0v) is 37.4. The highest BCUT2D eigenvalue weighted by Gasteiger charge is 2.47. The highest BCUT2D eigenvalue weighted by molar-refractivity contribution is 5.96. The third-order valence-corrected chi connectivity index (χ3v) is 14.0. The fourth-order valence-corrected chi connectivity index (χ4v) is 10.3. The molecular weight excluding hydrogens is 723 g/mol. The zero-order chi connectivity index (χ0) is 42.2. The van der Waals surface area contributed by atoms with Gasteiger partial charge in [0, 0.05) is 16.9 Å². The summed E-state index contributed by atoms with van der Waals surface area (Å²) in [7, 11) is 0. The second-order valence-electron chi connectivity index (χ2n) is 20.9. The number of hydrogen-bond acceptors (Lipinski definition) is 1. The fraction of sp³-hybridized carbons (Fsp3) is 0.288. The largest absolute Gasteiger partial charge is 0.310 e. The summed E-state index contributed by atoms with van der Waals surface area (Å²) in [5.41, 5.74) is 19.1. The van der Waals surface area contributed by atoms with Gasteiger partial charge in [-0.25, -0.2) is 0 Å². The maximum Gasteiger partial charge on any atom is 0.0714 e. The number of benzene rings is 7. The molecule has 1 nitrogen and oxygen atoms in total. The van der Waals surface area contributed by atoms with Gasteiger partial charge in [0.2, 0.25) is 0 Å². The Kier molecular flexibility index (Phi) is 9.43. The van der Waals surface area contributed by atoms with E-state index < -0.39 is 5.41 Å². The molecule has 0 bridgehead atoms. The molecule has 7 aromatic carbocycles. The van der Waals surface area contributed by atoms with E-state index in [0.29, 0.717) is 0 Å². The Balaban J connectivity index is 1.41. The third kappa shape index (κ3) is 6.53. The van der Waals surface area contributed by atoms with Crippen molar-refractivity contribution in [3.63, 3.8) is 0 Å². The molecule has 0 saturated carbocycles. The summed E-state index contributed by atoms with van der Waals surface area (Å²) in [5, 5.41) is 0. The molecule has 0 spiro atoms. The lowest BCUT2D eigenvalue weighted by Gasteiger charge is -2.42. The molecule has 0 aromatic heterocycles. The van der Waals surface area contributed by atoms with Crippen LogP contribution in [0.25, 0.3) is 22.3 Å². The number of rotatable bonds is 6. The molecule has 0 heterocycles. The van der Waals surface area contributed by atoms with Crippen LogP contribution in [0, 0.1) is 0 Å². The topological polar surface area (TPSA) is 3.24 Å². The molecule has 7 aromatic rings. The average Bonchev–Trinajstić information content (AvgIpc) is 3.53. The van der Waals surface area contributed by atoms with Crippen LogP contribution < -0.4 is 4.90 Å². The van der Waals surface area contributed by atoms with Crippen molar-refractivity contribution in [2.75, 3.05) is 4.90 Å². The smallest absolute Gasteiger partial charge is 0.0714 e. The van der Waals surface area contributed by atoms with Crippen molar-refractivity contribution in [1.82, 2.24) is 0 Å². The number of nitrogens with zero attached hydrogens (tertiary/aromatic N) is 1. The van der Waals surface area contributed by atoms with E-state index in [4.69, 9.17) is 0 Å². The van der Waals surface area contributed by atoms with Gasteiger partial charge in [0.25, 0.3) is 0 Å². The molecule has 0 saturated heterocycles. The number of hydrogen-bond donors (Lipinski definition) is 0. The number of fused-ring (bicyclic) bond motifs is 4. The van der Waals surface area contributed by atoms with Gasteiger partial charge in [0.05, 0.1) is 11.1 Å². The Morgan fingerprint density at radius 2 is 0.883 bits per heavy atom. The molecule has 0 unspecified atom stereocenters. The Bertz CT molecular complexity index is 2580. The predicted molar refractivity (Wildman–Crippen MR) is 257 cm³/mol. The summed E-state index contributed by atoms with van der Waals surface area (Å²) in [6.45, 7) is 23.5. The average molecular weight is 784 g/mol. The Morgan fingerprint density at radius 1 is 0.400 bits per heavy atom. The lowest BCUT2D eigenvalue weighted by Crippen LogP contribution is -2.33. The molecule has 0 radical (unpaired) electrons. The lowest BCUT2D eigenvalue weighted by atomic mass is 9.63. The van der Waals surface area contributed by atoms with Crippen molar-refractivity contribution < 1.29 is 0 Å². The normalized spacial score (nSPS) is 16.1. The molecule has 9 rings (SSSR count). The van der Waals surface area contributed by atoms with Gasteiger partial charge in [0.1, 0.15) is 0 Å². The first kappa shape index (κ1) is 39.8. The summed E-state index contributed by atoms with van der Waals surface area (Å²) in [5.74, 6) is 0. The highest BCUT2D eigenvalue weighted by atomic mass is 15.1. The van der Waals surface area contributed by atoms with Crippen LogP contribution >= 0.6 is 0 Å². The van der Waals surface area contributed by atoms with Gasteiger partial charge in [-0.05, 0) is 132 Å². The van der Waals surface area contributed by atoms with E-state index in [2.05, 4.69) is 238 Å². The Hall–Kier alpha value is -5.66. The van der Waals surface area contributed by atoms with Crippen LogP contribution in [0.15, 0.2) is 164 Å². The van der Waals surface area contributed by atoms with Gasteiger partial charge < -0.3 is 4.90 Å². The monoisotopic (exact) mass is 783 g/mol. The molecule has 2 aliphatic rings. The lowest BCUT2D eigenvalue weighted by molar-refractivity contribution is 0.332. The summed E-state index contributed by atoms with van der Waals surface area (Å²) in [6, 6.07) is 62.7. The molecule has 0 aliphatic heterocycles. The molecule has 0 amide bonds. The minimum absolute atomic E-state index is 0.0386. The van der Waals surface area contributed by atoms with Gasteiger partial charge in [-0.2, -0.15) is 0 Å². The van der Waals surface area contributed by atoms with E-state index in [9.17, 15) is 0 Å². The summed E-state index contributed by atoms with van der Waals surface area (Å²) in [6.07, 6.45) is 2.36. The predicted octanol–water partition coefficient (Wildman–Crippen LogP) is 16.1. The van der Waals surface area contributed by atoms with E-state index >= 15 is 0 Å². The van der Waals surface area contributed by atoms with Gasteiger partial charge >= 0.3 is 0 Å². The van der Waals surface area contributed by atoms with Crippen molar-refractivity contribution >= 4 is 17.1 Å². The quantitative estimate of drug-likeness (QED) is 0.162. The minimum Gasteiger partial charge on any atom is -0.310 e. The summed E-state index contributed by atoms with van der Waals surface area (Å²) in [4.78, 5) is 2.53. The van der Waals surface area contributed by atoms with Crippen molar-refractivity contribution in [2.45, 2.75) is 109 Å². The van der Waals surface area contributed by atoms with Crippen molar-refractivity contribution in [1.29, 1.82) is 0 Å². The highest BCUT2D eigenvalue weighted by Crippen LogP contribution is 2.59. The molecule has 302 valence electrons. The molecule has 2 aliphatic carbocycles. The molecule has 1 heteroatoms. The number of anilines is 3. The van der Waals surface area contributed by atoms with Crippen LogP contribution in [-0.2, 0) is 27.1 Å². The van der Waals surface area contributed by atoms with Crippen molar-refractivity contribution in [3.05, 3.63) is 208 Å². The van der Waals surface area contributed by atoms with Crippen LogP contribution in [0.3, 0.4) is 0 Å². The first-order chi connectivity index (χ1) is 28.5. The van der Waals surface area contributed by atoms with Crippen molar-refractivity contribution in [2.24, 2.45) is 0 Å². The standard InChI is InChI=1S/C59H61N/c1-55(2,3)41-26-30-45(31-27-41)60(46-32-28-42(29-33-46)56(4,5)6)54-39-52-49(38-48(54)40-25-34-51-53(37-40)58(9,10)36-35-57(51,7)8)47-23-17-18-24-50(47)59(52,43-19-13-11-14-20-43)44-21-15-12-16-22-44/h11-34,37-39H,35-36H2,1-10H3. The zero-order valence-electron chi connectivity index (χ0n) is 37.4. The van der Waals surface area contributed by atoms with Crippen LogP contribution in [0.1, 0.15) is 127 Å². The third-order valence-electron chi connectivity index (χ3n) is 14.0. The maximum absolute atomic E-state index is 2.56. The van der Waals surface area contributed by atoms with Gasteiger partial charge in [0.15, 0.2) is 0 Å². The van der Waals surface area contributed by atoms with Crippen LogP contribution in [-0.4, -0.2) is 0 Å². The molecule has 0 N–H and O–H groups in total. The summed E-state index contributed by atoms with van der Waals surface area (Å²) >= 11 is 0. The second kappa shape index (κ2) is 14.2. The van der Waals surface area contributed by atoms with Gasteiger partial charge in [-0.15, -0.1) is 0 Å². The summed E-state index contributed by atoms with van der Waals surface area (Å²) < 4.78 is 0. The van der Waals surface area contributed by atoms with Gasteiger partial charge in [-0.3, -0.25) is 0 Å². The van der Waals surface area contributed by atoms with E-state index in [1.54, 1.807) is 0 Å². The maximum atomic E-state index is 2.56. The van der Waals surface area contributed by atoms with Crippen LogP contribution in [0.4, 0.5) is 17.1 Å². The van der Waals surface area contributed by atoms with Crippen LogP contribution in [0.2, 0.25) is 0 Å². The molecule has 0 fully saturated rings. The van der Waals surface area contributed by atoms with E-state index in [1.165, 1.54) is 85.3 Å². The van der Waals surface area contributed by atoms with E-state index in [-0.39, 0.29) is 21.7 Å². The van der Waals surface area contributed by atoms with Gasteiger partial charge in [-0.1, -0.05) is 197 Å². The second-order valence-corrected chi connectivity index (χ2v) is 20.9. The first-order valence-electron chi connectivity index (χ1n) is 22.1.